The molecule has 11 heteroatoms. The van der Waals surface area contributed by atoms with Crippen LogP contribution in [0.1, 0.15) is 26.3 Å². The van der Waals surface area contributed by atoms with E-state index in [0.717, 1.165) is 4.47 Å². The van der Waals surface area contributed by atoms with Gasteiger partial charge >= 0.3 is 5.97 Å². The summed E-state index contributed by atoms with van der Waals surface area (Å²) in [5.74, 6) is -0.765. The minimum atomic E-state index is -3.95. The van der Waals surface area contributed by atoms with Crippen LogP contribution in [0.5, 0.6) is 5.75 Å². The number of para-hydroxylation sites is 1. The highest BCUT2D eigenvalue weighted by Crippen LogP contribution is 2.22. The molecule has 0 aliphatic rings. The monoisotopic (exact) mass is 611 g/mol. The first-order chi connectivity index (χ1) is 18.2. The molecule has 0 fully saturated rings. The Balaban J connectivity index is 1.39. The summed E-state index contributed by atoms with van der Waals surface area (Å²) in [7, 11) is -3.95. The molecular weight excluding hydrogens is 594 g/mol. The molecule has 1 amide bonds. The van der Waals surface area contributed by atoms with Gasteiger partial charge in [-0.1, -0.05) is 45.7 Å². The van der Waals surface area contributed by atoms with Gasteiger partial charge in [-0.25, -0.2) is 18.6 Å². The second-order valence-electron chi connectivity index (χ2n) is 7.77. The number of esters is 1. The zero-order valence-corrected chi connectivity index (χ0v) is 22.6. The molecule has 2 N–H and O–H groups in total. The van der Waals surface area contributed by atoms with Crippen molar-refractivity contribution in [1.82, 2.24) is 5.43 Å². The minimum absolute atomic E-state index is 0.000831. The van der Waals surface area contributed by atoms with E-state index in [9.17, 15) is 18.0 Å². The van der Waals surface area contributed by atoms with Crippen molar-refractivity contribution in [3.63, 3.8) is 0 Å². The van der Waals surface area contributed by atoms with Gasteiger partial charge in [-0.15, -0.1) is 0 Å². The van der Waals surface area contributed by atoms with Crippen LogP contribution >= 0.6 is 27.5 Å². The molecule has 0 aliphatic carbocycles. The Hall–Kier alpha value is -3.99. The average molecular weight is 613 g/mol. The molecule has 0 aliphatic heterocycles. The van der Waals surface area contributed by atoms with Crippen LogP contribution in [0.2, 0.25) is 5.02 Å². The summed E-state index contributed by atoms with van der Waals surface area (Å²) in [4.78, 5) is 25.0. The van der Waals surface area contributed by atoms with Gasteiger partial charge in [-0.2, -0.15) is 5.10 Å². The molecule has 0 bridgehead atoms. The van der Waals surface area contributed by atoms with E-state index in [4.69, 9.17) is 16.3 Å². The van der Waals surface area contributed by atoms with Crippen LogP contribution in [-0.4, -0.2) is 26.5 Å². The fraction of sp³-hybridized carbons (Fsp3) is 0. The summed E-state index contributed by atoms with van der Waals surface area (Å²) in [5.41, 5.74) is 3.59. The summed E-state index contributed by atoms with van der Waals surface area (Å²) in [6, 6.07) is 25.2. The van der Waals surface area contributed by atoms with Crippen LogP contribution in [0.4, 0.5) is 5.69 Å². The predicted molar refractivity (Wildman–Crippen MR) is 149 cm³/mol. The van der Waals surface area contributed by atoms with E-state index in [0.29, 0.717) is 21.9 Å². The second-order valence-corrected chi connectivity index (χ2v) is 10.8. The first kappa shape index (κ1) is 27.1. The van der Waals surface area contributed by atoms with E-state index < -0.39 is 21.9 Å². The van der Waals surface area contributed by atoms with Crippen molar-refractivity contribution in [3.8, 4) is 5.75 Å². The number of nitrogens with one attached hydrogen (secondary N) is 2. The Morgan fingerprint density at radius 1 is 0.895 bits per heavy atom. The Kier molecular flexibility index (Phi) is 8.57. The number of carbonyl (C=O) groups is 2. The Morgan fingerprint density at radius 2 is 1.61 bits per heavy atom. The molecule has 38 heavy (non-hydrogen) atoms. The maximum absolute atomic E-state index is 12.7. The Morgan fingerprint density at radius 3 is 2.32 bits per heavy atom. The van der Waals surface area contributed by atoms with Crippen LogP contribution < -0.4 is 14.9 Å². The van der Waals surface area contributed by atoms with Gasteiger partial charge in [0.2, 0.25) is 0 Å². The highest BCUT2D eigenvalue weighted by atomic mass is 79.9. The van der Waals surface area contributed by atoms with Gasteiger partial charge in [0.05, 0.1) is 27.9 Å². The first-order valence-electron chi connectivity index (χ1n) is 11.0. The van der Waals surface area contributed by atoms with E-state index in [1.54, 1.807) is 54.6 Å². The van der Waals surface area contributed by atoms with Crippen LogP contribution in [-0.2, 0) is 10.0 Å². The fourth-order valence-electron chi connectivity index (χ4n) is 3.22. The van der Waals surface area contributed by atoms with Gasteiger partial charge in [0, 0.05) is 9.50 Å². The van der Waals surface area contributed by atoms with E-state index in [1.165, 1.54) is 42.6 Å². The van der Waals surface area contributed by atoms with Gasteiger partial charge in [0.1, 0.15) is 5.75 Å². The molecule has 0 saturated carbocycles. The molecule has 8 nitrogen and oxygen atoms in total. The molecule has 4 rings (SSSR count). The van der Waals surface area contributed by atoms with Crippen molar-refractivity contribution in [2.75, 3.05) is 4.72 Å². The molecule has 4 aromatic carbocycles. The van der Waals surface area contributed by atoms with E-state index in [1.807, 2.05) is 6.07 Å². The van der Waals surface area contributed by atoms with E-state index >= 15 is 0 Å². The summed E-state index contributed by atoms with van der Waals surface area (Å²) >= 11 is 9.15. The van der Waals surface area contributed by atoms with Crippen LogP contribution in [0.15, 0.2) is 112 Å². The number of amides is 1. The van der Waals surface area contributed by atoms with Gasteiger partial charge in [-0.3, -0.25) is 9.52 Å². The van der Waals surface area contributed by atoms with Gasteiger partial charge in [-0.05, 0) is 84.4 Å². The minimum Gasteiger partial charge on any atom is -0.423 e. The first-order valence-corrected chi connectivity index (χ1v) is 13.7. The van der Waals surface area contributed by atoms with Crippen molar-refractivity contribution in [2.45, 2.75) is 4.90 Å². The second kappa shape index (κ2) is 12.0. The van der Waals surface area contributed by atoms with E-state index in [-0.39, 0.29) is 16.1 Å². The number of sulfonamides is 1. The molecule has 0 saturated heterocycles. The predicted octanol–water partition coefficient (Wildman–Crippen LogP) is 5.89. The number of halogens is 2. The lowest BCUT2D eigenvalue weighted by molar-refractivity contribution is 0.0734. The van der Waals surface area contributed by atoms with Crippen molar-refractivity contribution < 1.29 is 22.7 Å². The number of hydrazone groups is 1. The SMILES string of the molecule is O=C(Oc1ccc(/C=N/NC(=O)c2ccccc2NS(=O)(=O)c2ccc(Cl)cc2)cc1)c1cccc(Br)c1. The van der Waals surface area contributed by atoms with Crippen LogP contribution in [0.25, 0.3) is 0 Å². The number of hydrogen-bond acceptors (Lipinski definition) is 6. The third kappa shape index (κ3) is 7.06. The number of carbonyl (C=O) groups excluding carboxylic acids is 2. The highest BCUT2D eigenvalue weighted by molar-refractivity contribution is 9.10. The third-order valence-corrected chi connectivity index (χ3v) is 7.20. The van der Waals surface area contributed by atoms with Crippen molar-refractivity contribution in [3.05, 3.63) is 123 Å². The number of anilines is 1. The molecule has 0 aromatic heterocycles. The molecule has 0 atom stereocenters. The molecule has 192 valence electrons. The Labute approximate surface area is 232 Å². The lowest BCUT2D eigenvalue weighted by Crippen LogP contribution is -2.21. The Bertz CT molecular complexity index is 1610. The zero-order chi connectivity index (χ0) is 27.1. The maximum atomic E-state index is 12.7. The molecular formula is C27H19BrClN3O5S. The number of hydrogen-bond donors (Lipinski definition) is 2. The summed E-state index contributed by atoms with van der Waals surface area (Å²) in [6.45, 7) is 0. The lowest BCUT2D eigenvalue weighted by atomic mass is 10.2. The normalized spacial score (nSPS) is 11.2. The largest absolute Gasteiger partial charge is 0.423 e. The number of nitrogens with zero attached hydrogens (tertiary/aromatic N) is 1. The van der Waals surface area contributed by atoms with Gasteiger partial charge in [0.25, 0.3) is 15.9 Å². The van der Waals surface area contributed by atoms with Gasteiger partial charge in [0.15, 0.2) is 0 Å². The molecule has 0 spiro atoms. The zero-order valence-electron chi connectivity index (χ0n) is 19.5. The summed E-state index contributed by atoms with van der Waals surface area (Å²) in [5, 5.41) is 4.34. The van der Waals surface area contributed by atoms with E-state index in [2.05, 4.69) is 31.2 Å². The van der Waals surface area contributed by atoms with Crippen LogP contribution in [0.3, 0.4) is 0 Å². The quantitative estimate of drug-likeness (QED) is 0.112. The molecule has 4 aromatic rings. The molecule has 0 unspecified atom stereocenters. The topological polar surface area (TPSA) is 114 Å². The smallest absolute Gasteiger partial charge is 0.343 e. The van der Waals surface area contributed by atoms with Crippen molar-refractivity contribution >= 4 is 61.3 Å². The van der Waals surface area contributed by atoms with Gasteiger partial charge < -0.3 is 4.74 Å². The molecule has 0 heterocycles. The van der Waals surface area contributed by atoms with Crippen molar-refractivity contribution in [1.29, 1.82) is 0 Å². The number of benzene rings is 4. The highest BCUT2D eigenvalue weighted by Gasteiger charge is 2.18. The average Bonchev–Trinajstić information content (AvgIpc) is 2.90. The fourth-order valence-corrected chi connectivity index (χ4v) is 4.82. The molecule has 0 radical (unpaired) electrons. The number of ether oxygens (including phenoxy) is 1. The summed E-state index contributed by atoms with van der Waals surface area (Å²) < 4.78 is 34.0. The number of rotatable bonds is 8. The van der Waals surface area contributed by atoms with Crippen molar-refractivity contribution in [2.24, 2.45) is 5.10 Å². The van der Waals surface area contributed by atoms with Crippen LogP contribution in [0, 0.1) is 0 Å². The maximum Gasteiger partial charge on any atom is 0.343 e. The summed E-state index contributed by atoms with van der Waals surface area (Å²) in [6.07, 6.45) is 1.40. The third-order valence-electron chi connectivity index (χ3n) is 5.07. The standard InChI is InChI=1S/C27H19BrClN3O5S/c28-20-5-3-4-19(16-20)27(34)37-22-12-8-18(9-13-22)17-30-31-26(33)24-6-1-2-7-25(24)32-38(35,36)23-14-10-21(29)11-15-23/h1-17,32H,(H,31,33)/b30-17+. The lowest BCUT2D eigenvalue weighted by Gasteiger charge is -2.11.